The van der Waals surface area contributed by atoms with Gasteiger partial charge in [-0.05, 0) is 299 Å². The van der Waals surface area contributed by atoms with Crippen molar-refractivity contribution >= 4 is 75.4 Å². The van der Waals surface area contributed by atoms with Crippen molar-refractivity contribution in [2.24, 2.45) is 65.1 Å². The van der Waals surface area contributed by atoms with Gasteiger partial charge in [-0.1, -0.05) is 209 Å². The molecule has 0 radical (unpaired) electrons. The molecule has 142 heavy (non-hydrogen) atoms. The Balaban J connectivity index is 0.000000168. The minimum atomic E-state index is -0.870. The first-order valence-electron chi connectivity index (χ1n) is 51.8. The van der Waals surface area contributed by atoms with Gasteiger partial charge in [0.1, 0.15) is 50.3 Å². The summed E-state index contributed by atoms with van der Waals surface area (Å²) >= 11 is 4.31. The largest absolute Gasteiger partial charge is 0.482 e. The molecule has 0 bridgehead atoms. The van der Waals surface area contributed by atoms with Crippen LogP contribution < -0.4 is 14.2 Å². The van der Waals surface area contributed by atoms with Gasteiger partial charge in [-0.25, -0.2) is 19.2 Å². The van der Waals surface area contributed by atoms with Gasteiger partial charge in [0.2, 0.25) is 0 Å². The van der Waals surface area contributed by atoms with E-state index in [1.807, 2.05) is 195 Å². The third-order valence-electron chi connectivity index (χ3n) is 29.5. The number of benzene rings is 8. The Bertz CT molecular complexity index is 5330. The number of carbonyl (C=O) groups is 8. The topological polar surface area (TPSA) is 300 Å². The molecular formula is C115H144NO23P2S+. The summed E-state index contributed by atoms with van der Waals surface area (Å²) < 4.78 is 76.6. The lowest BCUT2D eigenvalue weighted by Gasteiger charge is -2.34. The molecule has 2 N–H and O–H groups in total. The Labute approximate surface area is 847 Å². The number of hydrogen-bond donors (Lipinski definition) is 2. The van der Waals surface area contributed by atoms with Crippen LogP contribution in [-0.2, 0) is 169 Å². The van der Waals surface area contributed by atoms with Crippen LogP contribution in [-0.4, -0.2) is 134 Å². The van der Waals surface area contributed by atoms with Crippen LogP contribution in [0.3, 0.4) is 0 Å². The molecule has 9 aliphatic rings. The number of aliphatic hydroxyl groups is 2. The summed E-state index contributed by atoms with van der Waals surface area (Å²) in [7, 11) is 2.20. The Hall–Kier alpha value is -10.2. The van der Waals surface area contributed by atoms with Gasteiger partial charge in [0.25, 0.3) is 11.8 Å². The lowest BCUT2D eigenvalue weighted by atomic mass is 9.73. The zero-order valence-corrected chi connectivity index (χ0v) is 85.5. The number of hydroxylamine groups is 2. The number of imide groups is 1. The second-order valence-corrected chi connectivity index (χ2v) is 41.7. The van der Waals surface area contributed by atoms with Gasteiger partial charge in [-0.15, -0.1) is 5.06 Å². The molecule has 8 aromatic carbocycles. The first-order chi connectivity index (χ1) is 69.5. The molecule has 3 saturated heterocycles. The van der Waals surface area contributed by atoms with Crippen LogP contribution in [0.4, 0.5) is 0 Å². The third kappa shape index (κ3) is 33.4. The molecule has 3 aliphatic heterocycles. The van der Waals surface area contributed by atoms with Crippen LogP contribution >= 0.6 is 15.9 Å². The van der Waals surface area contributed by atoms with Crippen LogP contribution in [0.1, 0.15) is 230 Å². The number of fused-ring (bicyclic) bond motifs is 6. The highest BCUT2D eigenvalue weighted by Crippen LogP contribution is 2.55. The molecule has 0 spiro atoms. The van der Waals surface area contributed by atoms with E-state index in [1.165, 1.54) is 34.2 Å². The van der Waals surface area contributed by atoms with Crippen molar-refractivity contribution in [1.29, 1.82) is 1.28 Å². The van der Waals surface area contributed by atoms with E-state index >= 15 is 0 Å². The summed E-state index contributed by atoms with van der Waals surface area (Å²) in [5.74, 6) is 3.45. The quantitative estimate of drug-likeness (QED) is 0.0156. The highest BCUT2D eigenvalue weighted by atomic mass is 32.6. The van der Waals surface area contributed by atoms with Crippen molar-refractivity contribution in [3.63, 3.8) is 0 Å². The monoisotopic (exact) mass is 2000 g/mol. The number of hydrogen-bond acceptors (Lipinski definition) is 24. The van der Waals surface area contributed by atoms with Crippen LogP contribution in [0.5, 0.6) is 17.2 Å². The number of nitrogens with zero attached hydrogens (tertiary/aromatic N) is 1. The Morgan fingerprint density at radius 2 is 0.761 bits per heavy atom. The molecule has 2 amide bonds. The zero-order chi connectivity index (χ0) is 101. The van der Waals surface area contributed by atoms with E-state index in [0.717, 1.165) is 218 Å². The fourth-order valence-electron chi connectivity index (χ4n) is 22.4. The van der Waals surface area contributed by atoms with Crippen LogP contribution in [0.15, 0.2) is 206 Å². The molecule has 17 rings (SSSR count). The van der Waals surface area contributed by atoms with Gasteiger partial charge in [0.15, 0.2) is 51.2 Å². The van der Waals surface area contributed by atoms with Crippen LogP contribution in [0.25, 0.3) is 0 Å². The van der Waals surface area contributed by atoms with Gasteiger partial charge in [0, 0.05) is 45.8 Å². The molecule has 27 heteroatoms. The highest BCUT2D eigenvalue weighted by Gasteiger charge is 2.50. The van der Waals surface area contributed by atoms with Gasteiger partial charge in [-0.2, -0.15) is 0 Å². The molecule has 8 aromatic rings. The maximum Gasteiger partial charge on any atom is 0.355 e. The number of rotatable bonds is 40. The zero-order valence-electron chi connectivity index (χ0n) is 83.7. The van der Waals surface area contributed by atoms with Gasteiger partial charge in [-0.3, -0.25) is 19.2 Å². The number of amides is 2. The molecule has 4 unspecified atom stereocenters. The van der Waals surface area contributed by atoms with Crippen molar-refractivity contribution in [2.45, 2.75) is 278 Å². The number of esters is 5. The van der Waals surface area contributed by atoms with E-state index in [1.54, 1.807) is 0 Å². The normalized spacial score (nSPS) is 23.4. The Kier molecular flexibility index (Phi) is 43.6. The van der Waals surface area contributed by atoms with E-state index in [9.17, 15) is 48.6 Å². The SMILES string of the molecule is CC(=O)ON1C(=O)CCC1=O.CC[C@@H](CC[C@@H]1[C@H]2Cc3cccc(OCC(=O)OCc4ccccc4)c3C[C@H]2C[C@H]1O)OC1CCCCO1.CC[C@@H](CC[C@H]1[C@H](CC(=O)OCc2ccccc2)C[C@@H]2Cc3c(cccc3OCC(=O)OCc3ccccc3)C[C@@H]21)OC1CCCCO1.CC[C@H](O)CC[C@H]1[C@H](CC(=O)OCc2ccccc2)C[C@@H]2Cc3c(cccc3OCC(=O)OCc3ccccc3)C[C@@H]21.[3H][P+](P)=S. The lowest BCUT2D eigenvalue weighted by molar-refractivity contribution is -0.195. The molecule has 3 heterocycles. The van der Waals surface area contributed by atoms with Crippen molar-refractivity contribution in [3.05, 3.63) is 267 Å². The van der Waals surface area contributed by atoms with Crippen molar-refractivity contribution < 1.29 is 110 Å². The molecule has 0 aromatic heterocycles. The predicted molar refractivity (Wildman–Crippen MR) is 546 cm³/mol. The van der Waals surface area contributed by atoms with E-state index in [0.29, 0.717) is 78.5 Å². The van der Waals surface area contributed by atoms with E-state index in [4.69, 9.17) is 58.1 Å². The van der Waals surface area contributed by atoms with Gasteiger partial charge in [0.05, 0.1) is 33.3 Å². The number of aliphatic hydroxyl groups excluding tert-OH is 2. The summed E-state index contributed by atoms with van der Waals surface area (Å²) in [5, 5.41) is 21.9. The Morgan fingerprint density at radius 1 is 0.437 bits per heavy atom. The maximum absolute atomic E-state index is 13.2. The average Bonchev–Trinajstić information content (AvgIpc) is 1.63. The molecule has 6 fully saturated rings. The maximum atomic E-state index is 13.2. The summed E-state index contributed by atoms with van der Waals surface area (Å²) in [5.41, 5.74) is 12.2. The second kappa shape index (κ2) is 57.5. The Morgan fingerprint density at radius 3 is 1.08 bits per heavy atom. The van der Waals surface area contributed by atoms with E-state index in [2.05, 4.69) is 57.6 Å². The van der Waals surface area contributed by atoms with Crippen LogP contribution in [0, 0.1) is 65.1 Å². The summed E-state index contributed by atoms with van der Waals surface area (Å²) in [4.78, 5) is 99.6. The fourth-order valence-corrected chi connectivity index (χ4v) is 22.4. The minimum Gasteiger partial charge on any atom is -0.482 e. The molecular weight excluding hydrogens is 1860 g/mol. The van der Waals surface area contributed by atoms with Crippen molar-refractivity contribution in [3.8, 4) is 17.2 Å². The third-order valence-corrected chi connectivity index (χ3v) is 29.5. The average molecular weight is 2000 g/mol. The predicted octanol–water partition coefficient (Wildman–Crippen LogP) is 20.6. The summed E-state index contributed by atoms with van der Waals surface area (Å²) in [6.45, 7) is 9.15. The smallest absolute Gasteiger partial charge is 0.355 e. The van der Waals surface area contributed by atoms with Crippen molar-refractivity contribution in [1.82, 2.24) is 5.06 Å². The minimum absolute atomic E-state index is 0.0643. The first kappa shape index (κ1) is 108. The van der Waals surface area contributed by atoms with Crippen molar-refractivity contribution in [2.75, 3.05) is 33.0 Å². The summed E-state index contributed by atoms with van der Waals surface area (Å²) in [6, 6.07) is 67.0. The van der Waals surface area contributed by atoms with Crippen LogP contribution in [0.2, 0.25) is 0 Å². The molecule has 19 atom stereocenters. The van der Waals surface area contributed by atoms with Gasteiger partial charge < -0.3 is 71.9 Å². The standard InChI is InChI=1S/C41H50O7.C36H42O6.C32H42O6.C6H7NO4.H2P2S/c1-2-34(48-41-18-9-10-21-44-41)19-20-35-33(25-39(42)46-26-29-12-5-3-6-13-29)22-32-24-37-31(23-36(32)35)16-11-17-38(37)45-28-40(43)47-27-30-14-7-4-8-15-30;1-2-30(37)16-17-31-29(21-35(38)41-22-25-10-5-3-6-11-25)18-28-20-33-27(19-32(28)31)14-9-15-34(33)40-24-36(39)42-23-26-12-7-4-8-13-26;1-2-25(38-32-13-6-7-16-35-32)14-15-26-27-17-23-11-8-12-30(28(23)18-24(27)19-29(26)33)36-21-31(34)37-20-22-9-4-3-5-10-22;1-4(8)11-7-5(9)2-3-6(7)10;1-2-3/h3-8,11-17,32-36,41H,2,9-10,18-28H2,1H3;3-15,28-32,37H,2,16-24H2,1H3;3-5,8-12,24-27,29,32-33H,2,6-7,13-21H2,1H3;2-3H2,1H3;1H2/p+1/t32-,33+,34+,35+,36+,41?;28-,29+,30+,31+,32+;24-,25-,26+,27-,29+,32?;;/m110../s1/i/hT. The highest BCUT2D eigenvalue weighted by molar-refractivity contribution is 8.24. The molecule has 3 saturated carbocycles. The van der Waals surface area contributed by atoms with E-state index in [-0.39, 0.29) is 131 Å². The number of ether oxygens (including phenoxy) is 12. The number of carbonyl (C=O) groups excluding carboxylic acids is 8. The molecule has 762 valence electrons. The first-order valence-corrected chi connectivity index (χ1v) is 54.9. The summed E-state index contributed by atoms with van der Waals surface area (Å²) in [6.07, 6.45) is 23.6. The van der Waals surface area contributed by atoms with Gasteiger partial charge >= 0.3 is 37.1 Å². The lowest BCUT2D eigenvalue weighted by Crippen LogP contribution is -2.30. The molecule has 6 aliphatic carbocycles. The van der Waals surface area contributed by atoms with E-state index < -0.39 is 30.7 Å². The second-order valence-electron chi connectivity index (χ2n) is 39.0. The molecule has 24 nitrogen and oxygen atoms in total. The fraction of sp³-hybridized carbons (Fsp3) is 0.513.